The molecule has 0 aliphatic rings. The molecule has 0 aliphatic heterocycles. The second-order valence-corrected chi connectivity index (χ2v) is 3.31. The predicted molar refractivity (Wildman–Crippen MR) is 53.4 cm³/mol. The third-order valence-corrected chi connectivity index (χ3v) is 2.24. The Kier molecular flexibility index (Phi) is 3.50. The van der Waals surface area contributed by atoms with E-state index < -0.39 is 0 Å². The Labute approximate surface area is 79.2 Å². The van der Waals surface area contributed by atoms with E-state index in [2.05, 4.69) is 12.1 Å². The monoisotopic (exact) mass is 177 g/mol. The molecule has 1 atom stereocenters. The second-order valence-electron chi connectivity index (χ2n) is 3.31. The predicted octanol–water partition coefficient (Wildman–Crippen LogP) is 1.71. The third kappa shape index (κ3) is 2.90. The SMILES string of the molecule is C[C@H](Cc1ccccc1)N(C)C=O. The Hall–Kier alpha value is -1.31. The summed E-state index contributed by atoms with van der Waals surface area (Å²) >= 11 is 0. The zero-order chi connectivity index (χ0) is 9.68. The van der Waals surface area contributed by atoms with E-state index in [1.807, 2.05) is 25.1 Å². The molecule has 1 amide bonds. The van der Waals surface area contributed by atoms with Crippen molar-refractivity contribution in [2.24, 2.45) is 0 Å². The molecule has 0 unspecified atom stereocenters. The molecule has 0 saturated carbocycles. The number of carbonyl (C=O) groups excluding carboxylic acids is 1. The van der Waals surface area contributed by atoms with Gasteiger partial charge in [0.2, 0.25) is 6.41 Å². The molecule has 70 valence electrons. The van der Waals surface area contributed by atoms with E-state index in [1.54, 1.807) is 11.9 Å². The maximum Gasteiger partial charge on any atom is 0.209 e. The van der Waals surface area contributed by atoms with Crippen molar-refractivity contribution in [2.75, 3.05) is 7.05 Å². The Balaban J connectivity index is 2.54. The van der Waals surface area contributed by atoms with Crippen molar-refractivity contribution in [3.63, 3.8) is 0 Å². The van der Waals surface area contributed by atoms with Gasteiger partial charge in [-0.25, -0.2) is 0 Å². The summed E-state index contributed by atoms with van der Waals surface area (Å²) in [6.45, 7) is 2.04. The van der Waals surface area contributed by atoms with Crippen LogP contribution in [-0.2, 0) is 11.2 Å². The highest BCUT2D eigenvalue weighted by Gasteiger charge is 2.06. The minimum Gasteiger partial charge on any atom is -0.345 e. The second kappa shape index (κ2) is 4.65. The van der Waals surface area contributed by atoms with E-state index in [9.17, 15) is 4.79 Å². The number of likely N-dealkylation sites (N-methyl/N-ethyl adjacent to an activating group) is 1. The lowest BCUT2D eigenvalue weighted by molar-refractivity contribution is -0.118. The lowest BCUT2D eigenvalue weighted by Crippen LogP contribution is -2.29. The maximum absolute atomic E-state index is 10.5. The number of nitrogens with zero attached hydrogens (tertiary/aromatic N) is 1. The lowest BCUT2D eigenvalue weighted by atomic mass is 10.1. The topological polar surface area (TPSA) is 20.3 Å². The van der Waals surface area contributed by atoms with Crippen LogP contribution in [0.4, 0.5) is 0 Å². The van der Waals surface area contributed by atoms with Crippen LogP contribution in [-0.4, -0.2) is 24.4 Å². The highest BCUT2D eigenvalue weighted by Crippen LogP contribution is 2.05. The molecule has 0 radical (unpaired) electrons. The molecule has 2 nitrogen and oxygen atoms in total. The lowest BCUT2D eigenvalue weighted by Gasteiger charge is -2.19. The largest absolute Gasteiger partial charge is 0.345 e. The van der Waals surface area contributed by atoms with E-state index in [0.29, 0.717) is 0 Å². The van der Waals surface area contributed by atoms with Crippen molar-refractivity contribution in [3.8, 4) is 0 Å². The summed E-state index contributed by atoms with van der Waals surface area (Å²) in [4.78, 5) is 12.1. The summed E-state index contributed by atoms with van der Waals surface area (Å²) in [5.41, 5.74) is 1.27. The number of rotatable bonds is 4. The van der Waals surface area contributed by atoms with Gasteiger partial charge >= 0.3 is 0 Å². The van der Waals surface area contributed by atoms with Gasteiger partial charge in [0.05, 0.1) is 0 Å². The van der Waals surface area contributed by atoms with E-state index >= 15 is 0 Å². The molecule has 13 heavy (non-hydrogen) atoms. The van der Waals surface area contributed by atoms with Crippen molar-refractivity contribution in [2.45, 2.75) is 19.4 Å². The van der Waals surface area contributed by atoms with Gasteiger partial charge in [-0.15, -0.1) is 0 Å². The van der Waals surface area contributed by atoms with Crippen molar-refractivity contribution < 1.29 is 4.79 Å². The van der Waals surface area contributed by atoms with Gasteiger partial charge in [-0.1, -0.05) is 30.3 Å². The summed E-state index contributed by atoms with van der Waals surface area (Å²) < 4.78 is 0. The minimum absolute atomic E-state index is 0.264. The molecule has 1 aromatic carbocycles. The van der Waals surface area contributed by atoms with Crippen molar-refractivity contribution in [1.29, 1.82) is 0 Å². The summed E-state index contributed by atoms with van der Waals surface area (Å²) in [6.07, 6.45) is 1.78. The molecule has 0 saturated heterocycles. The minimum atomic E-state index is 0.264. The third-order valence-electron chi connectivity index (χ3n) is 2.24. The molecule has 0 N–H and O–H groups in total. The molecule has 2 heteroatoms. The Morgan fingerprint density at radius 1 is 1.38 bits per heavy atom. The molecule has 0 aromatic heterocycles. The number of hydrogen-bond acceptors (Lipinski definition) is 1. The molecule has 0 aliphatic carbocycles. The van der Waals surface area contributed by atoms with Crippen LogP contribution in [0.25, 0.3) is 0 Å². The maximum atomic E-state index is 10.5. The molecule has 0 spiro atoms. The first-order valence-electron chi connectivity index (χ1n) is 4.45. The van der Waals surface area contributed by atoms with Crippen LogP contribution in [0.5, 0.6) is 0 Å². The van der Waals surface area contributed by atoms with Gasteiger partial charge in [-0.2, -0.15) is 0 Å². The van der Waals surface area contributed by atoms with Crippen LogP contribution in [0.3, 0.4) is 0 Å². The van der Waals surface area contributed by atoms with Gasteiger partial charge in [-0.05, 0) is 18.9 Å². The Morgan fingerprint density at radius 3 is 2.54 bits per heavy atom. The van der Waals surface area contributed by atoms with Crippen LogP contribution < -0.4 is 0 Å². The normalized spacial score (nSPS) is 12.2. The number of benzene rings is 1. The van der Waals surface area contributed by atoms with Crippen molar-refractivity contribution >= 4 is 6.41 Å². The first-order chi connectivity index (χ1) is 6.24. The molecule has 0 fully saturated rings. The van der Waals surface area contributed by atoms with Gasteiger partial charge in [0.15, 0.2) is 0 Å². The number of amides is 1. The van der Waals surface area contributed by atoms with Crippen molar-refractivity contribution in [1.82, 2.24) is 4.90 Å². The molecular formula is C11H15NO. The average molecular weight is 177 g/mol. The fraction of sp³-hybridized carbons (Fsp3) is 0.364. The Bertz CT molecular complexity index is 258. The van der Waals surface area contributed by atoms with Gasteiger partial charge in [0.1, 0.15) is 0 Å². The zero-order valence-corrected chi connectivity index (χ0v) is 8.10. The van der Waals surface area contributed by atoms with Gasteiger partial charge in [0.25, 0.3) is 0 Å². The smallest absolute Gasteiger partial charge is 0.209 e. The van der Waals surface area contributed by atoms with Crippen LogP contribution in [0, 0.1) is 0 Å². The van der Waals surface area contributed by atoms with Gasteiger partial charge in [0, 0.05) is 13.1 Å². The summed E-state index contributed by atoms with van der Waals surface area (Å²) in [5, 5.41) is 0. The van der Waals surface area contributed by atoms with E-state index in [1.165, 1.54) is 5.56 Å². The fourth-order valence-electron chi connectivity index (χ4n) is 1.20. The molecular weight excluding hydrogens is 162 g/mol. The summed E-state index contributed by atoms with van der Waals surface area (Å²) in [7, 11) is 1.81. The van der Waals surface area contributed by atoms with Gasteiger partial charge < -0.3 is 4.90 Å². The zero-order valence-electron chi connectivity index (χ0n) is 8.10. The average Bonchev–Trinajstić information content (AvgIpc) is 2.18. The fourth-order valence-corrected chi connectivity index (χ4v) is 1.20. The molecule has 0 heterocycles. The highest BCUT2D eigenvalue weighted by atomic mass is 16.1. The first kappa shape index (κ1) is 9.78. The van der Waals surface area contributed by atoms with Crippen LogP contribution in [0.15, 0.2) is 30.3 Å². The first-order valence-corrected chi connectivity index (χ1v) is 4.45. The van der Waals surface area contributed by atoms with E-state index in [4.69, 9.17) is 0 Å². The number of hydrogen-bond donors (Lipinski definition) is 0. The standard InChI is InChI=1S/C11H15NO/c1-10(12(2)9-13)8-11-6-4-3-5-7-11/h3-7,9-10H,8H2,1-2H3/t10-/m1/s1. The van der Waals surface area contributed by atoms with Gasteiger partial charge in [-0.3, -0.25) is 4.79 Å². The quantitative estimate of drug-likeness (QED) is 0.641. The van der Waals surface area contributed by atoms with Crippen molar-refractivity contribution in [3.05, 3.63) is 35.9 Å². The molecule has 0 bridgehead atoms. The molecule has 1 rings (SSSR count). The van der Waals surface area contributed by atoms with E-state index in [-0.39, 0.29) is 6.04 Å². The highest BCUT2D eigenvalue weighted by molar-refractivity contribution is 5.47. The summed E-state index contributed by atoms with van der Waals surface area (Å²) in [5.74, 6) is 0. The van der Waals surface area contributed by atoms with Crippen LogP contribution in [0.1, 0.15) is 12.5 Å². The Morgan fingerprint density at radius 2 is 2.00 bits per heavy atom. The number of carbonyl (C=O) groups is 1. The van der Waals surface area contributed by atoms with E-state index in [0.717, 1.165) is 12.8 Å². The van der Waals surface area contributed by atoms with Crippen LogP contribution >= 0.6 is 0 Å². The van der Waals surface area contributed by atoms with Crippen LogP contribution in [0.2, 0.25) is 0 Å². The summed E-state index contributed by atoms with van der Waals surface area (Å²) in [6, 6.07) is 10.5. The molecule has 1 aromatic rings.